The summed E-state index contributed by atoms with van der Waals surface area (Å²) in [4.78, 5) is 0. The van der Waals surface area contributed by atoms with E-state index in [4.69, 9.17) is 17.3 Å². The average Bonchev–Trinajstić information content (AvgIpc) is 2.91. The Hall–Kier alpha value is -0.570. The minimum absolute atomic E-state index is 0.103. The van der Waals surface area contributed by atoms with Crippen molar-refractivity contribution >= 4 is 11.6 Å². The molecule has 82 valence electrons. The molecule has 2 rings (SSSR count). The van der Waals surface area contributed by atoms with Gasteiger partial charge in [0.15, 0.2) is 0 Å². The molecule has 1 saturated carbocycles. The van der Waals surface area contributed by atoms with Crippen LogP contribution in [0.5, 0.6) is 0 Å². The van der Waals surface area contributed by atoms with Gasteiger partial charge in [0.25, 0.3) is 0 Å². The molecule has 1 aliphatic rings. The summed E-state index contributed by atoms with van der Waals surface area (Å²) in [5.74, 6) is 0.508. The van der Waals surface area contributed by atoms with Crippen LogP contribution in [0.2, 0.25) is 5.02 Å². The molecule has 3 heteroatoms. The maximum atomic E-state index is 10.2. The largest absolute Gasteiger partial charge is 0.388 e. The molecule has 0 bridgehead atoms. The smallest absolute Gasteiger partial charge is 0.0860 e. The molecule has 2 nitrogen and oxygen atoms in total. The molecule has 0 aliphatic heterocycles. The van der Waals surface area contributed by atoms with E-state index >= 15 is 0 Å². The SMILES string of the molecule is C[C@H]1C[C@]1(CN)[C@@H](O)c1ccc(Cl)cc1. The van der Waals surface area contributed by atoms with Gasteiger partial charge in [-0.2, -0.15) is 0 Å². The Bertz CT molecular complexity index is 347. The van der Waals surface area contributed by atoms with Crippen LogP contribution in [0.15, 0.2) is 24.3 Å². The molecule has 0 heterocycles. The standard InChI is InChI=1S/C12H16ClNO/c1-8-6-12(8,7-14)11(15)9-2-4-10(13)5-3-9/h2-5,8,11,15H,6-7,14H2,1H3/t8-,11-,12+/m0/s1. The fourth-order valence-electron chi connectivity index (χ4n) is 2.27. The van der Waals surface area contributed by atoms with Gasteiger partial charge in [0.2, 0.25) is 0 Å². The average molecular weight is 226 g/mol. The van der Waals surface area contributed by atoms with Gasteiger partial charge in [-0.1, -0.05) is 30.7 Å². The maximum Gasteiger partial charge on any atom is 0.0860 e. The van der Waals surface area contributed by atoms with E-state index in [0.29, 0.717) is 17.5 Å². The minimum Gasteiger partial charge on any atom is -0.388 e. The fourth-order valence-corrected chi connectivity index (χ4v) is 2.39. The van der Waals surface area contributed by atoms with Crippen molar-refractivity contribution in [1.82, 2.24) is 0 Å². The first-order valence-electron chi connectivity index (χ1n) is 5.24. The highest BCUT2D eigenvalue weighted by Crippen LogP contribution is 2.59. The highest BCUT2D eigenvalue weighted by molar-refractivity contribution is 6.30. The van der Waals surface area contributed by atoms with Crippen LogP contribution >= 0.6 is 11.6 Å². The number of aliphatic hydroxyl groups is 1. The van der Waals surface area contributed by atoms with Crippen LogP contribution in [0.25, 0.3) is 0 Å². The Morgan fingerprint density at radius 3 is 2.47 bits per heavy atom. The van der Waals surface area contributed by atoms with Gasteiger partial charge in [-0.25, -0.2) is 0 Å². The molecule has 0 amide bonds. The van der Waals surface area contributed by atoms with Crippen molar-refractivity contribution < 1.29 is 5.11 Å². The van der Waals surface area contributed by atoms with Crippen LogP contribution in [0.4, 0.5) is 0 Å². The molecule has 1 aromatic carbocycles. The van der Waals surface area contributed by atoms with E-state index < -0.39 is 6.10 Å². The summed E-state index contributed by atoms with van der Waals surface area (Å²) in [5, 5.41) is 10.9. The van der Waals surface area contributed by atoms with Crippen LogP contribution in [0, 0.1) is 11.3 Å². The molecule has 3 atom stereocenters. The number of hydrogen-bond acceptors (Lipinski definition) is 2. The summed E-state index contributed by atoms with van der Waals surface area (Å²) in [6.07, 6.45) is 0.544. The lowest BCUT2D eigenvalue weighted by Gasteiger charge is -2.22. The third-order valence-electron chi connectivity index (χ3n) is 3.62. The third-order valence-corrected chi connectivity index (χ3v) is 3.87. The molecular weight excluding hydrogens is 210 g/mol. The van der Waals surface area contributed by atoms with E-state index in [1.165, 1.54) is 0 Å². The van der Waals surface area contributed by atoms with E-state index in [1.807, 2.05) is 12.1 Å². The number of halogens is 1. The van der Waals surface area contributed by atoms with Gasteiger partial charge in [-0.3, -0.25) is 0 Å². The minimum atomic E-state index is -0.463. The highest BCUT2D eigenvalue weighted by Gasteiger charge is 2.55. The van der Waals surface area contributed by atoms with Gasteiger partial charge in [-0.05, 0) is 30.0 Å². The summed E-state index contributed by atoms with van der Waals surface area (Å²) in [5.41, 5.74) is 6.55. The number of nitrogens with two attached hydrogens (primary N) is 1. The molecule has 0 aromatic heterocycles. The zero-order chi connectivity index (χ0) is 11.1. The molecule has 3 N–H and O–H groups in total. The van der Waals surface area contributed by atoms with Crippen molar-refractivity contribution in [3.05, 3.63) is 34.9 Å². The van der Waals surface area contributed by atoms with E-state index in [0.717, 1.165) is 12.0 Å². The summed E-state index contributed by atoms with van der Waals surface area (Å²) >= 11 is 5.80. The summed E-state index contributed by atoms with van der Waals surface area (Å²) < 4.78 is 0. The second kappa shape index (κ2) is 3.78. The van der Waals surface area contributed by atoms with Crippen LogP contribution in [-0.2, 0) is 0 Å². The highest BCUT2D eigenvalue weighted by atomic mass is 35.5. The Morgan fingerprint density at radius 1 is 1.53 bits per heavy atom. The summed E-state index contributed by atoms with van der Waals surface area (Å²) in [6.45, 7) is 2.67. The van der Waals surface area contributed by atoms with Gasteiger partial charge >= 0.3 is 0 Å². The normalized spacial score (nSPS) is 31.3. The zero-order valence-electron chi connectivity index (χ0n) is 8.78. The van der Waals surface area contributed by atoms with Gasteiger partial charge in [0.05, 0.1) is 6.10 Å². The first-order valence-corrected chi connectivity index (χ1v) is 5.61. The molecule has 0 unspecified atom stereocenters. The Balaban J connectivity index is 2.21. The quantitative estimate of drug-likeness (QED) is 0.830. The van der Waals surface area contributed by atoms with E-state index in [-0.39, 0.29) is 5.41 Å². The van der Waals surface area contributed by atoms with Gasteiger partial charge < -0.3 is 10.8 Å². The molecule has 1 aliphatic carbocycles. The fraction of sp³-hybridized carbons (Fsp3) is 0.500. The lowest BCUT2D eigenvalue weighted by molar-refractivity contribution is 0.0889. The topological polar surface area (TPSA) is 46.2 Å². The summed E-state index contributed by atoms with van der Waals surface area (Å²) in [7, 11) is 0. The van der Waals surface area contributed by atoms with Crippen molar-refractivity contribution in [3.8, 4) is 0 Å². The van der Waals surface area contributed by atoms with Gasteiger partial charge in [-0.15, -0.1) is 0 Å². The van der Waals surface area contributed by atoms with E-state index in [2.05, 4.69) is 6.92 Å². The van der Waals surface area contributed by atoms with Crippen LogP contribution in [0.3, 0.4) is 0 Å². The lowest BCUT2D eigenvalue weighted by Crippen LogP contribution is -2.25. The number of benzene rings is 1. The van der Waals surface area contributed by atoms with E-state index in [9.17, 15) is 5.11 Å². The Morgan fingerprint density at radius 2 is 2.07 bits per heavy atom. The van der Waals surface area contributed by atoms with E-state index in [1.54, 1.807) is 12.1 Å². The van der Waals surface area contributed by atoms with Crippen molar-refractivity contribution in [3.63, 3.8) is 0 Å². The molecule has 15 heavy (non-hydrogen) atoms. The van der Waals surface area contributed by atoms with Crippen molar-refractivity contribution in [1.29, 1.82) is 0 Å². The van der Waals surface area contributed by atoms with Gasteiger partial charge in [0.1, 0.15) is 0 Å². The van der Waals surface area contributed by atoms with Gasteiger partial charge in [0, 0.05) is 17.0 Å². The lowest BCUT2D eigenvalue weighted by atomic mass is 9.91. The zero-order valence-corrected chi connectivity index (χ0v) is 9.54. The molecular formula is C12H16ClNO. The second-order valence-electron chi connectivity index (χ2n) is 4.50. The molecule has 0 radical (unpaired) electrons. The van der Waals surface area contributed by atoms with Crippen molar-refractivity contribution in [2.24, 2.45) is 17.1 Å². The van der Waals surface area contributed by atoms with Crippen molar-refractivity contribution in [2.45, 2.75) is 19.4 Å². The first kappa shape index (κ1) is 10.9. The molecule has 1 fully saturated rings. The number of rotatable bonds is 3. The second-order valence-corrected chi connectivity index (χ2v) is 4.93. The number of hydrogen-bond donors (Lipinski definition) is 2. The maximum absolute atomic E-state index is 10.2. The predicted molar refractivity (Wildman–Crippen MR) is 61.7 cm³/mol. The predicted octanol–water partition coefficient (Wildman–Crippen LogP) is 2.36. The monoisotopic (exact) mass is 225 g/mol. The Kier molecular flexibility index (Phi) is 2.75. The molecule has 1 aromatic rings. The number of aliphatic hydroxyl groups excluding tert-OH is 1. The molecule has 0 saturated heterocycles. The third kappa shape index (κ3) is 1.78. The van der Waals surface area contributed by atoms with Crippen LogP contribution in [-0.4, -0.2) is 11.7 Å². The first-order chi connectivity index (χ1) is 7.10. The Labute approximate surface area is 95.1 Å². The van der Waals surface area contributed by atoms with Crippen LogP contribution in [0.1, 0.15) is 25.0 Å². The summed E-state index contributed by atoms with van der Waals surface area (Å²) in [6, 6.07) is 7.35. The van der Waals surface area contributed by atoms with Crippen molar-refractivity contribution in [2.75, 3.05) is 6.54 Å². The van der Waals surface area contributed by atoms with Crippen LogP contribution < -0.4 is 5.73 Å². The molecule has 0 spiro atoms.